The molecule has 0 aliphatic carbocycles. The molecule has 1 nitrogen and oxygen atoms in total. The van der Waals surface area contributed by atoms with Crippen LogP contribution in [0.15, 0.2) is 11.8 Å². The zero-order valence-corrected chi connectivity index (χ0v) is 7.06. The SMILES string of the molecule is CC/C(C)=C\N1CCCC1. The van der Waals surface area contributed by atoms with Gasteiger partial charge in [-0.1, -0.05) is 12.5 Å². The molecule has 58 valence electrons. The highest BCUT2D eigenvalue weighted by atomic mass is 15.1. The fourth-order valence-corrected chi connectivity index (χ4v) is 1.27. The lowest BCUT2D eigenvalue weighted by Gasteiger charge is -2.11. The van der Waals surface area contributed by atoms with Crippen LogP contribution < -0.4 is 0 Å². The normalized spacial score (nSPS) is 20.2. The van der Waals surface area contributed by atoms with Crippen molar-refractivity contribution < 1.29 is 0 Å². The van der Waals surface area contributed by atoms with Crippen LogP contribution in [0.2, 0.25) is 0 Å². The highest BCUT2D eigenvalue weighted by molar-refractivity contribution is 4.97. The molecule has 1 aliphatic heterocycles. The number of likely N-dealkylation sites (tertiary alicyclic amines) is 1. The molecule has 1 aliphatic rings. The topological polar surface area (TPSA) is 3.24 Å². The van der Waals surface area contributed by atoms with Gasteiger partial charge < -0.3 is 4.90 Å². The summed E-state index contributed by atoms with van der Waals surface area (Å²) in [6.45, 7) is 6.97. The summed E-state index contributed by atoms with van der Waals surface area (Å²) < 4.78 is 0. The molecule has 0 bridgehead atoms. The van der Waals surface area contributed by atoms with Gasteiger partial charge in [0.1, 0.15) is 0 Å². The molecule has 0 atom stereocenters. The molecule has 0 radical (unpaired) electrons. The molecule has 0 saturated carbocycles. The number of rotatable bonds is 2. The van der Waals surface area contributed by atoms with Crippen LogP contribution in [0.3, 0.4) is 0 Å². The Kier molecular flexibility index (Phi) is 2.79. The van der Waals surface area contributed by atoms with Crippen molar-refractivity contribution in [2.75, 3.05) is 13.1 Å². The molecule has 0 aromatic rings. The standard InChI is InChI=1S/C9H17N/c1-3-9(2)8-10-6-4-5-7-10/h8H,3-7H2,1-2H3/b9-8-. The molecule has 0 spiro atoms. The molecule has 0 amide bonds. The molecule has 1 heterocycles. The summed E-state index contributed by atoms with van der Waals surface area (Å²) >= 11 is 0. The third-order valence-electron chi connectivity index (χ3n) is 2.10. The Balaban J connectivity index is 2.34. The van der Waals surface area contributed by atoms with Crippen molar-refractivity contribution in [3.63, 3.8) is 0 Å². The second-order valence-electron chi connectivity index (χ2n) is 3.07. The van der Waals surface area contributed by atoms with Gasteiger partial charge in [-0.3, -0.25) is 0 Å². The number of nitrogens with zero attached hydrogens (tertiary/aromatic N) is 1. The van der Waals surface area contributed by atoms with Crippen molar-refractivity contribution in [1.82, 2.24) is 4.90 Å². The van der Waals surface area contributed by atoms with E-state index in [2.05, 4.69) is 24.9 Å². The van der Waals surface area contributed by atoms with Gasteiger partial charge in [-0.2, -0.15) is 0 Å². The zero-order valence-electron chi connectivity index (χ0n) is 7.06. The molecule has 1 fully saturated rings. The molecule has 1 rings (SSSR count). The summed E-state index contributed by atoms with van der Waals surface area (Å²) in [4.78, 5) is 2.43. The summed E-state index contributed by atoms with van der Waals surface area (Å²) in [5.41, 5.74) is 1.50. The van der Waals surface area contributed by atoms with Crippen LogP contribution in [-0.4, -0.2) is 18.0 Å². The van der Waals surface area contributed by atoms with Crippen molar-refractivity contribution in [1.29, 1.82) is 0 Å². The van der Waals surface area contributed by atoms with Crippen molar-refractivity contribution in [3.05, 3.63) is 11.8 Å². The number of hydrogen-bond donors (Lipinski definition) is 0. The van der Waals surface area contributed by atoms with Crippen molar-refractivity contribution in [2.45, 2.75) is 33.1 Å². The lowest BCUT2D eigenvalue weighted by Crippen LogP contribution is -2.11. The van der Waals surface area contributed by atoms with E-state index in [1.54, 1.807) is 0 Å². The predicted molar refractivity (Wildman–Crippen MR) is 44.9 cm³/mol. The van der Waals surface area contributed by atoms with Gasteiger partial charge >= 0.3 is 0 Å². The van der Waals surface area contributed by atoms with E-state index in [-0.39, 0.29) is 0 Å². The van der Waals surface area contributed by atoms with Gasteiger partial charge in [0.05, 0.1) is 0 Å². The zero-order chi connectivity index (χ0) is 7.40. The smallest absolute Gasteiger partial charge is 0.0173 e. The van der Waals surface area contributed by atoms with E-state index in [0.717, 1.165) is 0 Å². The Hall–Kier alpha value is -0.460. The maximum absolute atomic E-state index is 2.43. The lowest BCUT2D eigenvalue weighted by molar-refractivity contribution is 0.462. The van der Waals surface area contributed by atoms with E-state index in [1.807, 2.05) is 0 Å². The molecule has 0 unspecified atom stereocenters. The highest BCUT2D eigenvalue weighted by Crippen LogP contribution is 2.10. The quantitative estimate of drug-likeness (QED) is 0.568. The Morgan fingerprint density at radius 3 is 2.50 bits per heavy atom. The van der Waals surface area contributed by atoms with Crippen LogP contribution >= 0.6 is 0 Å². The minimum atomic E-state index is 1.19. The van der Waals surface area contributed by atoms with Crippen LogP contribution in [0.5, 0.6) is 0 Å². The molecular formula is C9H17N. The summed E-state index contributed by atoms with van der Waals surface area (Å²) in [5.74, 6) is 0. The van der Waals surface area contributed by atoms with Gasteiger partial charge in [0.25, 0.3) is 0 Å². The summed E-state index contributed by atoms with van der Waals surface area (Å²) in [6, 6.07) is 0. The second kappa shape index (κ2) is 3.65. The van der Waals surface area contributed by atoms with Gasteiger partial charge in [-0.05, 0) is 32.4 Å². The minimum Gasteiger partial charge on any atom is -0.377 e. The highest BCUT2D eigenvalue weighted by Gasteiger charge is 2.06. The third-order valence-corrected chi connectivity index (χ3v) is 2.10. The van der Waals surface area contributed by atoms with Crippen LogP contribution in [0.4, 0.5) is 0 Å². The monoisotopic (exact) mass is 139 g/mol. The average molecular weight is 139 g/mol. The maximum Gasteiger partial charge on any atom is 0.0173 e. The Labute approximate surface area is 63.7 Å². The summed E-state index contributed by atoms with van der Waals surface area (Å²) in [6.07, 6.45) is 6.27. The van der Waals surface area contributed by atoms with E-state index >= 15 is 0 Å². The molecular weight excluding hydrogens is 122 g/mol. The first-order chi connectivity index (χ1) is 4.83. The first kappa shape index (κ1) is 7.64. The molecule has 1 heteroatoms. The molecule has 0 aromatic heterocycles. The van der Waals surface area contributed by atoms with Crippen molar-refractivity contribution >= 4 is 0 Å². The Morgan fingerprint density at radius 1 is 1.40 bits per heavy atom. The average Bonchev–Trinajstić information content (AvgIpc) is 2.40. The fourth-order valence-electron chi connectivity index (χ4n) is 1.27. The summed E-state index contributed by atoms with van der Waals surface area (Å²) in [7, 11) is 0. The van der Waals surface area contributed by atoms with Gasteiger partial charge in [0, 0.05) is 13.1 Å². The molecule has 1 saturated heterocycles. The van der Waals surface area contributed by atoms with E-state index in [1.165, 1.54) is 37.9 Å². The van der Waals surface area contributed by atoms with Crippen LogP contribution in [0.25, 0.3) is 0 Å². The first-order valence-electron chi connectivity index (χ1n) is 4.24. The largest absolute Gasteiger partial charge is 0.377 e. The van der Waals surface area contributed by atoms with E-state index in [9.17, 15) is 0 Å². The third kappa shape index (κ3) is 2.05. The molecule has 0 N–H and O–H groups in total. The Bertz CT molecular complexity index is 121. The minimum absolute atomic E-state index is 1.19. The van der Waals surface area contributed by atoms with Gasteiger partial charge in [0.2, 0.25) is 0 Å². The van der Waals surface area contributed by atoms with E-state index in [4.69, 9.17) is 0 Å². The van der Waals surface area contributed by atoms with Gasteiger partial charge in [0.15, 0.2) is 0 Å². The van der Waals surface area contributed by atoms with Crippen molar-refractivity contribution in [3.8, 4) is 0 Å². The maximum atomic E-state index is 2.43. The van der Waals surface area contributed by atoms with Crippen LogP contribution in [-0.2, 0) is 0 Å². The van der Waals surface area contributed by atoms with Crippen molar-refractivity contribution in [2.24, 2.45) is 0 Å². The lowest BCUT2D eigenvalue weighted by atomic mass is 10.2. The first-order valence-corrected chi connectivity index (χ1v) is 4.24. The Morgan fingerprint density at radius 2 is 2.00 bits per heavy atom. The van der Waals surface area contributed by atoms with E-state index in [0.29, 0.717) is 0 Å². The van der Waals surface area contributed by atoms with Crippen LogP contribution in [0, 0.1) is 0 Å². The van der Waals surface area contributed by atoms with E-state index < -0.39 is 0 Å². The number of hydrogen-bond acceptors (Lipinski definition) is 1. The second-order valence-corrected chi connectivity index (χ2v) is 3.07. The fraction of sp³-hybridized carbons (Fsp3) is 0.778. The molecule has 0 aromatic carbocycles. The van der Waals surface area contributed by atoms with Gasteiger partial charge in [-0.25, -0.2) is 0 Å². The van der Waals surface area contributed by atoms with Crippen LogP contribution in [0.1, 0.15) is 33.1 Å². The molecule has 10 heavy (non-hydrogen) atoms. The number of allylic oxidation sites excluding steroid dienone is 1. The predicted octanol–water partition coefficient (Wildman–Crippen LogP) is 2.40. The summed E-state index contributed by atoms with van der Waals surface area (Å²) in [5, 5.41) is 0. The van der Waals surface area contributed by atoms with Gasteiger partial charge in [-0.15, -0.1) is 0 Å².